The summed E-state index contributed by atoms with van der Waals surface area (Å²) in [6.45, 7) is 3.72. The first-order chi connectivity index (χ1) is 15.1. The highest BCUT2D eigenvalue weighted by atomic mass is 31.2. The van der Waals surface area contributed by atoms with Gasteiger partial charge in [-0.1, -0.05) is 30.3 Å². The van der Waals surface area contributed by atoms with Gasteiger partial charge in [-0.3, -0.25) is 4.57 Å². The van der Waals surface area contributed by atoms with Crippen LogP contribution in [-0.2, 0) is 34.9 Å². The number of hydrogen-bond acceptors (Lipinski definition) is 7. The fraction of sp³-hybridized carbons (Fsp3) is 0.636. The van der Waals surface area contributed by atoms with E-state index in [0.29, 0.717) is 0 Å². The molecule has 1 aliphatic heterocycles. The molecule has 0 radical (unpaired) electrons. The maximum Gasteiger partial charge on any atom is 0.408 e. The van der Waals surface area contributed by atoms with Crippen LogP contribution in [0.2, 0.25) is 0 Å². The summed E-state index contributed by atoms with van der Waals surface area (Å²) in [4.78, 5) is 34.8. The van der Waals surface area contributed by atoms with Gasteiger partial charge in [-0.05, 0) is 44.6 Å². The zero-order valence-electron chi connectivity index (χ0n) is 18.7. The van der Waals surface area contributed by atoms with Crippen molar-refractivity contribution < 1.29 is 38.0 Å². The van der Waals surface area contributed by atoms with E-state index in [1.165, 1.54) is 7.11 Å². The predicted molar refractivity (Wildman–Crippen MR) is 116 cm³/mol. The molecule has 0 aromatic heterocycles. The molecule has 0 bridgehead atoms. The van der Waals surface area contributed by atoms with Gasteiger partial charge < -0.3 is 29.2 Å². The normalized spacial score (nSPS) is 26.6. The zero-order chi connectivity index (χ0) is 23.4. The Kier molecular flexibility index (Phi) is 7.98. The molecular formula is C22H32NO8P. The number of rotatable bonds is 9. The molecule has 0 spiro atoms. The Morgan fingerprint density at radius 2 is 1.97 bits per heavy atom. The molecule has 1 saturated heterocycles. The van der Waals surface area contributed by atoms with Crippen molar-refractivity contribution in [2.45, 2.75) is 63.8 Å². The van der Waals surface area contributed by atoms with Crippen LogP contribution in [0.15, 0.2) is 30.3 Å². The average molecular weight is 469 g/mol. The van der Waals surface area contributed by atoms with E-state index in [-0.39, 0.29) is 43.5 Å². The molecule has 178 valence electrons. The van der Waals surface area contributed by atoms with Crippen LogP contribution in [-0.4, -0.2) is 60.4 Å². The number of nitrogens with one attached hydrogen (secondary N) is 1. The second-order valence-corrected chi connectivity index (χ2v) is 11.3. The maximum absolute atomic E-state index is 12.9. The molecular weight excluding hydrogens is 437 g/mol. The summed E-state index contributed by atoms with van der Waals surface area (Å²) in [5.41, 5.74) is 0.799. The maximum atomic E-state index is 12.9. The third-order valence-corrected chi connectivity index (χ3v) is 7.78. The highest BCUT2D eigenvalue weighted by molar-refractivity contribution is 7.58. The van der Waals surface area contributed by atoms with Crippen LogP contribution >= 0.6 is 7.37 Å². The Morgan fingerprint density at radius 1 is 1.25 bits per heavy atom. The van der Waals surface area contributed by atoms with Gasteiger partial charge in [-0.25, -0.2) is 9.59 Å². The summed E-state index contributed by atoms with van der Waals surface area (Å²) in [6.07, 6.45) is 0.397. The first kappa shape index (κ1) is 24.7. The first-order valence-electron chi connectivity index (χ1n) is 10.8. The minimum absolute atomic E-state index is 0.0371. The Labute approximate surface area is 188 Å². The summed E-state index contributed by atoms with van der Waals surface area (Å²) < 4.78 is 34.5. The number of amides is 1. The predicted octanol–water partition coefficient (Wildman–Crippen LogP) is 3.05. The van der Waals surface area contributed by atoms with Gasteiger partial charge in [0.15, 0.2) is 5.79 Å². The lowest BCUT2D eigenvalue weighted by Gasteiger charge is -2.24. The molecule has 2 aliphatic rings. The number of hydrogen-bond donors (Lipinski definition) is 2. The summed E-state index contributed by atoms with van der Waals surface area (Å²) >= 11 is 0. The van der Waals surface area contributed by atoms with Crippen LogP contribution < -0.4 is 5.32 Å². The van der Waals surface area contributed by atoms with Crippen LogP contribution in [0, 0.1) is 5.92 Å². The van der Waals surface area contributed by atoms with Crippen molar-refractivity contribution >= 4 is 19.4 Å². The number of methoxy groups -OCH3 is 1. The molecule has 1 aromatic rings. The molecule has 1 saturated carbocycles. The Bertz CT molecular complexity index is 846. The van der Waals surface area contributed by atoms with E-state index in [0.717, 1.165) is 18.4 Å². The number of carbonyl (C=O) groups excluding carboxylic acids is 2. The first-order valence-corrected chi connectivity index (χ1v) is 12.8. The van der Waals surface area contributed by atoms with Crippen LogP contribution in [0.5, 0.6) is 0 Å². The topological polar surface area (TPSA) is 120 Å². The Balaban J connectivity index is 1.51. The van der Waals surface area contributed by atoms with Gasteiger partial charge in [-0.15, -0.1) is 0 Å². The fourth-order valence-corrected chi connectivity index (χ4v) is 6.28. The highest BCUT2D eigenvalue weighted by Gasteiger charge is 2.50. The second-order valence-electron chi connectivity index (χ2n) is 8.80. The largest absolute Gasteiger partial charge is 0.467 e. The van der Waals surface area contributed by atoms with Crippen LogP contribution in [0.25, 0.3) is 0 Å². The second kappa shape index (κ2) is 10.3. The summed E-state index contributed by atoms with van der Waals surface area (Å²) in [5, 5.41) is 2.44. The van der Waals surface area contributed by atoms with Crippen molar-refractivity contribution in [1.82, 2.24) is 5.32 Å². The van der Waals surface area contributed by atoms with Gasteiger partial charge in [0, 0.05) is 12.3 Å². The lowest BCUT2D eigenvalue weighted by atomic mass is 10.1. The van der Waals surface area contributed by atoms with Crippen LogP contribution in [0.4, 0.5) is 4.79 Å². The molecule has 1 amide bonds. The molecule has 3 rings (SSSR count). The van der Waals surface area contributed by atoms with Crippen molar-refractivity contribution in [3.63, 3.8) is 0 Å². The van der Waals surface area contributed by atoms with E-state index in [1.807, 2.05) is 32.0 Å². The van der Waals surface area contributed by atoms with Crippen molar-refractivity contribution in [2.75, 3.05) is 19.4 Å². The zero-order valence-corrected chi connectivity index (χ0v) is 19.6. The smallest absolute Gasteiger partial charge is 0.408 e. The number of benzene rings is 1. The number of esters is 1. The third-order valence-electron chi connectivity index (χ3n) is 5.79. The van der Waals surface area contributed by atoms with Crippen molar-refractivity contribution in [2.24, 2.45) is 5.92 Å². The Morgan fingerprint density at radius 3 is 2.66 bits per heavy atom. The van der Waals surface area contributed by atoms with Gasteiger partial charge >= 0.3 is 12.1 Å². The summed E-state index contributed by atoms with van der Waals surface area (Å²) in [7, 11) is -2.38. The van der Waals surface area contributed by atoms with E-state index in [2.05, 4.69) is 5.32 Å². The molecule has 5 atom stereocenters. The molecule has 9 nitrogen and oxygen atoms in total. The van der Waals surface area contributed by atoms with E-state index < -0.39 is 31.3 Å². The summed E-state index contributed by atoms with van der Waals surface area (Å²) in [5.74, 6) is -1.47. The van der Waals surface area contributed by atoms with Gasteiger partial charge in [0.2, 0.25) is 7.37 Å². The van der Waals surface area contributed by atoms with Crippen molar-refractivity contribution in [3.05, 3.63) is 35.9 Å². The van der Waals surface area contributed by atoms with Gasteiger partial charge in [0.1, 0.15) is 12.6 Å². The molecule has 1 aromatic carbocycles. The third kappa shape index (κ3) is 6.78. The lowest BCUT2D eigenvalue weighted by Crippen LogP contribution is -2.42. The fourth-order valence-electron chi connectivity index (χ4n) is 4.31. The SMILES string of the molecule is COC(=O)[C@H](CCP(=O)(O)C[C@H]1CC[C@H]2OC(C)(C)O[C@@H]12)NC(=O)OCc1ccccc1. The van der Waals surface area contributed by atoms with Crippen LogP contribution in [0.3, 0.4) is 0 Å². The quantitative estimate of drug-likeness (QED) is 0.418. The molecule has 2 fully saturated rings. The highest BCUT2D eigenvalue weighted by Crippen LogP contribution is 2.50. The minimum Gasteiger partial charge on any atom is -0.467 e. The lowest BCUT2D eigenvalue weighted by molar-refractivity contribution is -0.155. The van der Waals surface area contributed by atoms with Gasteiger partial charge in [0.25, 0.3) is 0 Å². The number of carbonyl (C=O) groups is 2. The van der Waals surface area contributed by atoms with E-state index in [9.17, 15) is 19.0 Å². The van der Waals surface area contributed by atoms with E-state index in [4.69, 9.17) is 18.9 Å². The van der Waals surface area contributed by atoms with E-state index in [1.54, 1.807) is 12.1 Å². The average Bonchev–Trinajstić information content (AvgIpc) is 3.24. The number of fused-ring (bicyclic) bond motifs is 1. The standard InChI is InChI=1S/C22H32NO8P/c1-22(2)30-18-10-9-16(19(18)31-22)14-32(26,27)12-11-17(20(24)28-3)23-21(25)29-13-15-7-5-4-6-8-15/h4-8,16-19H,9-14H2,1-3H3,(H,23,25)(H,26,27)/t16-,17+,18-,19+/m1/s1. The molecule has 10 heteroatoms. The molecule has 32 heavy (non-hydrogen) atoms. The van der Waals surface area contributed by atoms with Crippen LogP contribution in [0.1, 0.15) is 38.7 Å². The van der Waals surface area contributed by atoms with Gasteiger partial charge in [-0.2, -0.15) is 0 Å². The molecule has 2 N–H and O–H groups in total. The number of alkyl carbamates (subject to hydrolysis) is 1. The van der Waals surface area contributed by atoms with Crippen molar-refractivity contribution in [3.8, 4) is 0 Å². The Hall–Kier alpha value is -1.93. The molecule has 1 heterocycles. The molecule has 1 unspecified atom stereocenters. The number of ether oxygens (including phenoxy) is 4. The molecule has 1 aliphatic carbocycles. The monoisotopic (exact) mass is 469 g/mol. The van der Waals surface area contributed by atoms with E-state index >= 15 is 0 Å². The van der Waals surface area contributed by atoms with Crippen molar-refractivity contribution in [1.29, 1.82) is 0 Å². The minimum atomic E-state index is -3.58. The summed E-state index contributed by atoms with van der Waals surface area (Å²) in [6, 6.07) is 8.03. The van der Waals surface area contributed by atoms with Gasteiger partial charge in [0.05, 0.1) is 19.3 Å².